The van der Waals surface area contributed by atoms with Crippen LogP contribution in [0, 0.1) is 0 Å². The fraction of sp³-hybridized carbons (Fsp3) is 0.579. The number of piperazine rings is 1. The minimum Gasteiger partial charge on any atom is -0.497 e. The normalized spacial score (nSPS) is 19.4. The molecule has 2 aliphatic rings. The molecule has 1 atom stereocenters. The molecule has 1 unspecified atom stereocenters. The zero-order valence-electron chi connectivity index (χ0n) is 15.0. The maximum atomic E-state index is 12.5. The summed E-state index contributed by atoms with van der Waals surface area (Å²) in [6.45, 7) is 4.77. The van der Waals surface area contributed by atoms with E-state index in [0.29, 0.717) is 25.6 Å². The highest BCUT2D eigenvalue weighted by molar-refractivity contribution is 5.82. The Morgan fingerprint density at radius 3 is 2.60 bits per heavy atom. The van der Waals surface area contributed by atoms with Gasteiger partial charge in [-0.3, -0.25) is 14.5 Å². The van der Waals surface area contributed by atoms with E-state index in [2.05, 4.69) is 10.2 Å². The number of methoxy groups -OCH3 is 1. The van der Waals surface area contributed by atoms with Gasteiger partial charge in [0.15, 0.2) is 0 Å². The van der Waals surface area contributed by atoms with Crippen LogP contribution in [0.4, 0.5) is 0 Å². The highest BCUT2D eigenvalue weighted by Crippen LogP contribution is 2.19. The number of nitrogens with one attached hydrogen (secondary N) is 1. The van der Waals surface area contributed by atoms with Crippen LogP contribution in [-0.4, -0.2) is 67.0 Å². The summed E-state index contributed by atoms with van der Waals surface area (Å²) in [6, 6.07) is 7.89. The summed E-state index contributed by atoms with van der Waals surface area (Å²) < 4.78 is 5.21. The van der Waals surface area contributed by atoms with Crippen molar-refractivity contribution >= 4 is 11.8 Å². The van der Waals surface area contributed by atoms with Crippen molar-refractivity contribution in [2.75, 3.05) is 33.3 Å². The van der Waals surface area contributed by atoms with Gasteiger partial charge in [0.05, 0.1) is 19.6 Å². The number of hydrogen-bond donors (Lipinski definition) is 1. The van der Waals surface area contributed by atoms with Gasteiger partial charge in [-0.1, -0.05) is 12.1 Å². The van der Waals surface area contributed by atoms with Gasteiger partial charge in [0.2, 0.25) is 11.8 Å². The Morgan fingerprint density at radius 2 is 1.96 bits per heavy atom. The van der Waals surface area contributed by atoms with E-state index >= 15 is 0 Å². The second kappa shape index (κ2) is 7.87. The molecule has 1 aliphatic heterocycles. The van der Waals surface area contributed by atoms with Gasteiger partial charge in [0.25, 0.3) is 0 Å². The van der Waals surface area contributed by atoms with Gasteiger partial charge in [0.1, 0.15) is 5.75 Å². The van der Waals surface area contributed by atoms with Crippen molar-refractivity contribution in [3.63, 3.8) is 0 Å². The van der Waals surface area contributed by atoms with Crippen LogP contribution >= 0.6 is 0 Å². The summed E-state index contributed by atoms with van der Waals surface area (Å²) in [7, 11) is 1.63. The predicted octanol–water partition coefficient (Wildman–Crippen LogP) is 1.05. The molecule has 1 heterocycles. The second-order valence-electron chi connectivity index (χ2n) is 6.90. The maximum Gasteiger partial charge on any atom is 0.237 e. The highest BCUT2D eigenvalue weighted by Gasteiger charge is 2.30. The monoisotopic (exact) mass is 345 g/mol. The molecule has 6 nitrogen and oxygen atoms in total. The van der Waals surface area contributed by atoms with Crippen molar-refractivity contribution in [3.8, 4) is 5.75 Å². The summed E-state index contributed by atoms with van der Waals surface area (Å²) >= 11 is 0. The van der Waals surface area contributed by atoms with Crippen LogP contribution in [-0.2, 0) is 16.0 Å². The lowest BCUT2D eigenvalue weighted by Gasteiger charge is -2.37. The molecule has 1 saturated carbocycles. The fourth-order valence-electron chi connectivity index (χ4n) is 3.14. The summed E-state index contributed by atoms with van der Waals surface area (Å²) in [6.07, 6.45) is 2.59. The average molecular weight is 345 g/mol. The quantitative estimate of drug-likeness (QED) is 0.837. The van der Waals surface area contributed by atoms with Crippen molar-refractivity contribution in [2.24, 2.45) is 0 Å². The van der Waals surface area contributed by atoms with Gasteiger partial charge >= 0.3 is 0 Å². The minimum absolute atomic E-state index is 0.110. The standard InChI is InChI=1S/C19H27N3O3/c1-14(19(24)20-16-6-7-16)21-8-10-22(11-9-21)18(23)13-15-4-3-5-17(12-15)25-2/h3-5,12,14,16H,6-11,13H2,1-2H3,(H,20,24). The third-order valence-corrected chi connectivity index (χ3v) is 5.01. The van der Waals surface area contributed by atoms with Crippen molar-refractivity contribution in [2.45, 2.75) is 38.3 Å². The molecule has 0 radical (unpaired) electrons. The van der Waals surface area contributed by atoms with Crippen molar-refractivity contribution in [3.05, 3.63) is 29.8 Å². The lowest BCUT2D eigenvalue weighted by Crippen LogP contribution is -2.55. The zero-order chi connectivity index (χ0) is 17.8. The second-order valence-corrected chi connectivity index (χ2v) is 6.90. The van der Waals surface area contributed by atoms with E-state index < -0.39 is 0 Å². The molecular formula is C19H27N3O3. The summed E-state index contributed by atoms with van der Waals surface area (Å²) in [5, 5.41) is 3.06. The van der Waals surface area contributed by atoms with E-state index in [1.54, 1.807) is 7.11 Å². The number of hydrogen-bond acceptors (Lipinski definition) is 4. The summed E-state index contributed by atoms with van der Waals surface area (Å²) in [5.41, 5.74) is 0.962. The molecule has 0 bridgehead atoms. The van der Waals surface area contributed by atoms with E-state index in [-0.39, 0.29) is 17.9 Å². The number of amides is 2. The molecule has 2 fully saturated rings. The number of nitrogens with zero attached hydrogens (tertiary/aromatic N) is 2. The highest BCUT2D eigenvalue weighted by atomic mass is 16.5. The third-order valence-electron chi connectivity index (χ3n) is 5.01. The van der Waals surface area contributed by atoms with Gasteiger partial charge in [-0.15, -0.1) is 0 Å². The smallest absolute Gasteiger partial charge is 0.237 e. The Bertz CT molecular complexity index is 622. The van der Waals surface area contributed by atoms with Gasteiger partial charge in [-0.05, 0) is 37.5 Å². The molecular weight excluding hydrogens is 318 g/mol. The Morgan fingerprint density at radius 1 is 1.24 bits per heavy atom. The van der Waals surface area contributed by atoms with Gasteiger partial charge in [0, 0.05) is 32.2 Å². The maximum absolute atomic E-state index is 12.5. The van der Waals surface area contributed by atoms with Crippen molar-refractivity contribution in [1.29, 1.82) is 0 Å². The van der Waals surface area contributed by atoms with Crippen LogP contribution < -0.4 is 10.1 Å². The molecule has 1 aromatic carbocycles. The Labute approximate surface area is 149 Å². The number of carbonyl (C=O) groups excluding carboxylic acids is 2. The third kappa shape index (κ3) is 4.72. The van der Waals surface area contributed by atoms with Crippen LogP contribution in [0.3, 0.4) is 0 Å². The first-order valence-electron chi connectivity index (χ1n) is 9.02. The van der Waals surface area contributed by atoms with Gasteiger partial charge < -0.3 is 15.0 Å². The first-order valence-corrected chi connectivity index (χ1v) is 9.02. The van der Waals surface area contributed by atoms with E-state index in [4.69, 9.17) is 4.74 Å². The van der Waals surface area contributed by atoms with Crippen LogP contribution in [0.25, 0.3) is 0 Å². The van der Waals surface area contributed by atoms with E-state index in [9.17, 15) is 9.59 Å². The predicted molar refractivity (Wildman–Crippen MR) is 95.5 cm³/mol. The lowest BCUT2D eigenvalue weighted by atomic mass is 10.1. The Hall–Kier alpha value is -2.08. The first-order chi connectivity index (χ1) is 12.1. The molecule has 0 spiro atoms. The largest absolute Gasteiger partial charge is 0.497 e. The fourth-order valence-corrected chi connectivity index (χ4v) is 3.14. The lowest BCUT2D eigenvalue weighted by molar-refractivity contribution is -0.133. The molecule has 1 aliphatic carbocycles. The molecule has 0 aromatic heterocycles. The molecule has 136 valence electrons. The van der Waals surface area contributed by atoms with E-state index in [0.717, 1.165) is 37.2 Å². The number of ether oxygens (including phenoxy) is 1. The first kappa shape index (κ1) is 17.7. The van der Waals surface area contributed by atoms with Gasteiger partial charge in [-0.25, -0.2) is 0 Å². The zero-order valence-corrected chi connectivity index (χ0v) is 15.0. The average Bonchev–Trinajstić information content (AvgIpc) is 3.45. The van der Waals surface area contributed by atoms with E-state index in [1.165, 1.54) is 0 Å². The Balaban J connectivity index is 1.47. The molecule has 2 amide bonds. The molecule has 25 heavy (non-hydrogen) atoms. The summed E-state index contributed by atoms with van der Waals surface area (Å²) in [4.78, 5) is 28.7. The number of rotatable bonds is 6. The van der Waals surface area contributed by atoms with Crippen molar-refractivity contribution in [1.82, 2.24) is 15.1 Å². The van der Waals surface area contributed by atoms with Crippen molar-refractivity contribution < 1.29 is 14.3 Å². The van der Waals surface area contributed by atoms with Crippen LogP contribution in [0.15, 0.2) is 24.3 Å². The topological polar surface area (TPSA) is 61.9 Å². The number of carbonyl (C=O) groups is 2. The van der Waals surface area contributed by atoms with E-state index in [1.807, 2.05) is 36.1 Å². The van der Waals surface area contributed by atoms with Crippen LogP contribution in [0.2, 0.25) is 0 Å². The van der Waals surface area contributed by atoms with Crippen LogP contribution in [0.5, 0.6) is 5.75 Å². The van der Waals surface area contributed by atoms with Gasteiger partial charge in [-0.2, -0.15) is 0 Å². The molecule has 1 saturated heterocycles. The minimum atomic E-state index is -0.128. The molecule has 6 heteroatoms. The summed E-state index contributed by atoms with van der Waals surface area (Å²) in [5.74, 6) is 1.01. The van der Waals surface area contributed by atoms with Crippen LogP contribution in [0.1, 0.15) is 25.3 Å². The SMILES string of the molecule is COc1cccc(CC(=O)N2CCN(C(C)C(=O)NC3CC3)CC2)c1. The molecule has 1 N–H and O–H groups in total. The molecule has 3 rings (SSSR count). The number of benzene rings is 1. The molecule has 1 aromatic rings. The Kier molecular flexibility index (Phi) is 5.58.